The molecule has 0 aliphatic carbocycles. The van der Waals surface area contributed by atoms with Gasteiger partial charge in [0.25, 0.3) is 0 Å². The molecule has 0 aliphatic rings. The lowest BCUT2D eigenvalue weighted by Crippen LogP contribution is -2.39. The number of hydrazone groups is 1. The quantitative estimate of drug-likeness (QED) is 0.299. The molecule has 0 saturated heterocycles. The van der Waals surface area contributed by atoms with Crippen molar-refractivity contribution in [2.45, 2.75) is 19.9 Å². The molecule has 32 heavy (non-hydrogen) atoms. The Morgan fingerprint density at radius 3 is 2.38 bits per heavy atom. The van der Waals surface area contributed by atoms with Crippen LogP contribution in [-0.2, 0) is 9.59 Å². The Bertz CT molecular complexity index is 1110. The summed E-state index contributed by atoms with van der Waals surface area (Å²) in [6, 6.07) is 22.4. The van der Waals surface area contributed by atoms with Crippen molar-refractivity contribution in [1.29, 1.82) is 0 Å². The van der Waals surface area contributed by atoms with Crippen molar-refractivity contribution >= 4 is 29.4 Å². The SMILES string of the molecule is COc1cccc(/C=N\NC(=O)C(=O)N[C@@H](C)c2ccccc2)c1Nc1ccccc1C. The van der Waals surface area contributed by atoms with E-state index in [4.69, 9.17) is 4.74 Å². The third kappa shape index (κ3) is 5.72. The van der Waals surface area contributed by atoms with E-state index in [-0.39, 0.29) is 6.04 Å². The first-order chi connectivity index (χ1) is 15.5. The predicted molar refractivity (Wildman–Crippen MR) is 126 cm³/mol. The van der Waals surface area contributed by atoms with Crippen molar-refractivity contribution in [3.05, 3.63) is 89.5 Å². The molecule has 0 unspecified atom stereocenters. The maximum absolute atomic E-state index is 12.2. The van der Waals surface area contributed by atoms with Gasteiger partial charge in [0.2, 0.25) is 0 Å². The van der Waals surface area contributed by atoms with Crippen LogP contribution in [0.3, 0.4) is 0 Å². The highest BCUT2D eigenvalue weighted by atomic mass is 16.5. The van der Waals surface area contributed by atoms with E-state index in [1.165, 1.54) is 6.21 Å². The van der Waals surface area contributed by atoms with Crippen molar-refractivity contribution in [2.75, 3.05) is 12.4 Å². The minimum absolute atomic E-state index is 0.304. The summed E-state index contributed by atoms with van der Waals surface area (Å²) in [7, 11) is 1.58. The maximum Gasteiger partial charge on any atom is 0.329 e. The Balaban J connectivity index is 1.69. The third-order valence-electron chi connectivity index (χ3n) is 4.91. The number of carbonyl (C=O) groups excluding carboxylic acids is 2. The molecule has 3 N–H and O–H groups in total. The van der Waals surface area contributed by atoms with Crippen molar-refractivity contribution in [3.8, 4) is 5.75 Å². The van der Waals surface area contributed by atoms with E-state index in [1.807, 2.05) is 86.6 Å². The first kappa shape index (κ1) is 22.6. The molecule has 3 aromatic rings. The van der Waals surface area contributed by atoms with E-state index >= 15 is 0 Å². The topological polar surface area (TPSA) is 91.8 Å². The number of amides is 2. The Morgan fingerprint density at radius 2 is 1.66 bits per heavy atom. The van der Waals surface area contributed by atoms with Gasteiger partial charge in [0.05, 0.1) is 25.1 Å². The molecule has 164 valence electrons. The van der Waals surface area contributed by atoms with Gasteiger partial charge in [0.15, 0.2) is 0 Å². The zero-order valence-electron chi connectivity index (χ0n) is 18.3. The second-order valence-corrected chi connectivity index (χ2v) is 7.17. The summed E-state index contributed by atoms with van der Waals surface area (Å²) >= 11 is 0. The molecule has 0 saturated carbocycles. The number of nitrogens with zero attached hydrogens (tertiary/aromatic N) is 1. The minimum Gasteiger partial charge on any atom is -0.495 e. The van der Waals surface area contributed by atoms with E-state index in [2.05, 4.69) is 21.2 Å². The Labute approximate surface area is 187 Å². The number of para-hydroxylation sites is 2. The molecular weight excluding hydrogens is 404 g/mol. The average molecular weight is 431 g/mol. The van der Waals surface area contributed by atoms with Gasteiger partial charge in [-0.25, -0.2) is 5.43 Å². The van der Waals surface area contributed by atoms with Crippen LogP contribution in [0.2, 0.25) is 0 Å². The van der Waals surface area contributed by atoms with Crippen LogP contribution in [0.5, 0.6) is 5.75 Å². The van der Waals surface area contributed by atoms with Gasteiger partial charge in [-0.1, -0.05) is 60.7 Å². The van der Waals surface area contributed by atoms with E-state index in [0.717, 1.165) is 16.8 Å². The van der Waals surface area contributed by atoms with Gasteiger partial charge in [0, 0.05) is 11.3 Å². The summed E-state index contributed by atoms with van der Waals surface area (Å²) in [6.07, 6.45) is 1.47. The van der Waals surface area contributed by atoms with Crippen LogP contribution in [0.25, 0.3) is 0 Å². The summed E-state index contributed by atoms with van der Waals surface area (Å²) in [4.78, 5) is 24.4. The van der Waals surface area contributed by atoms with Gasteiger partial charge < -0.3 is 15.4 Å². The Hall–Kier alpha value is -4.13. The molecule has 0 fully saturated rings. The molecule has 3 rings (SSSR count). The van der Waals surface area contributed by atoms with Crippen molar-refractivity contribution in [1.82, 2.24) is 10.7 Å². The minimum atomic E-state index is -0.847. The van der Waals surface area contributed by atoms with Crippen molar-refractivity contribution in [3.63, 3.8) is 0 Å². The largest absolute Gasteiger partial charge is 0.495 e. The zero-order valence-corrected chi connectivity index (χ0v) is 18.3. The van der Waals surface area contributed by atoms with Gasteiger partial charge in [-0.15, -0.1) is 0 Å². The van der Waals surface area contributed by atoms with Crippen LogP contribution in [0.4, 0.5) is 11.4 Å². The van der Waals surface area contributed by atoms with Crippen LogP contribution in [0.1, 0.15) is 29.7 Å². The number of methoxy groups -OCH3 is 1. The summed E-state index contributed by atoms with van der Waals surface area (Å²) < 4.78 is 5.47. The van der Waals surface area contributed by atoms with Gasteiger partial charge in [0.1, 0.15) is 5.75 Å². The fourth-order valence-electron chi connectivity index (χ4n) is 3.11. The molecule has 0 aliphatic heterocycles. The van der Waals surface area contributed by atoms with Crippen LogP contribution >= 0.6 is 0 Å². The number of hydrogen-bond acceptors (Lipinski definition) is 5. The molecule has 0 bridgehead atoms. The maximum atomic E-state index is 12.2. The smallest absolute Gasteiger partial charge is 0.329 e. The summed E-state index contributed by atoms with van der Waals surface area (Å²) in [5.41, 5.74) is 6.56. The lowest BCUT2D eigenvalue weighted by molar-refractivity contribution is -0.139. The first-order valence-electron chi connectivity index (χ1n) is 10.2. The lowest BCUT2D eigenvalue weighted by atomic mass is 10.1. The normalized spacial score (nSPS) is 11.6. The molecule has 1 atom stereocenters. The molecular formula is C25H26N4O3. The molecule has 2 amide bonds. The number of aryl methyl sites for hydroxylation is 1. The molecule has 0 aromatic heterocycles. The van der Waals surface area contributed by atoms with Crippen LogP contribution in [-0.4, -0.2) is 25.1 Å². The number of nitrogens with one attached hydrogen (secondary N) is 3. The van der Waals surface area contributed by atoms with Gasteiger partial charge in [-0.2, -0.15) is 5.10 Å². The van der Waals surface area contributed by atoms with Crippen molar-refractivity contribution in [2.24, 2.45) is 5.10 Å². The summed E-state index contributed by atoms with van der Waals surface area (Å²) in [5, 5.41) is 9.98. The molecule has 3 aromatic carbocycles. The number of hydrogen-bond donors (Lipinski definition) is 3. The fourth-order valence-corrected chi connectivity index (χ4v) is 3.11. The second-order valence-electron chi connectivity index (χ2n) is 7.17. The Morgan fingerprint density at radius 1 is 0.938 bits per heavy atom. The molecule has 7 nitrogen and oxygen atoms in total. The molecule has 0 radical (unpaired) electrons. The highest BCUT2D eigenvalue weighted by molar-refractivity contribution is 6.35. The van der Waals surface area contributed by atoms with Gasteiger partial charge >= 0.3 is 11.8 Å². The Kier molecular flexibility index (Phi) is 7.59. The number of carbonyl (C=O) groups is 2. The number of anilines is 2. The second kappa shape index (κ2) is 10.8. The highest BCUT2D eigenvalue weighted by Crippen LogP contribution is 2.31. The lowest BCUT2D eigenvalue weighted by Gasteiger charge is -2.15. The summed E-state index contributed by atoms with van der Waals surface area (Å²) in [6.45, 7) is 3.81. The summed E-state index contributed by atoms with van der Waals surface area (Å²) in [5.74, 6) is -0.985. The molecule has 0 spiro atoms. The zero-order chi connectivity index (χ0) is 22.9. The van der Waals surface area contributed by atoms with E-state index in [9.17, 15) is 9.59 Å². The van der Waals surface area contributed by atoms with E-state index in [1.54, 1.807) is 7.11 Å². The van der Waals surface area contributed by atoms with E-state index in [0.29, 0.717) is 17.0 Å². The highest BCUT2D eigenvalue weighted by Gasteiger charge is 2.16. The fraction of sp³-hybridized carbons (Fsp3) is 0.160. The third-order valence-corrected chi connectivity index (χ3v) is 4.91. The van der Waals surface area contributed by atoms with Gasteiger partial charge in [-0.05, 0) is 37.1 Å². The number of rotatable bonds is 7. The standard InChI is InChI=1S/C25H26N4O3/c1-17-10-7-8-14-21(17)28-23-20(13-9-15-22(23)32-3)16-26-29-25(31)24(30)27-18(2)19-11-5-4-6-12-19/h4-16,18,28H,1-3H3,(H,27,30)(H,29,31)/b26-16-/t18-/m0/s1. The predicted octanol–water partition coefficient (Wildman–Crippen LogP) is 4.07. The van der Waals surface area contributed by atoms with Crippen LogP contribution < -0.4 is 20.8 Å². The first-order valence-corrected chi connectivity index (χ1v) is 10.2. The number of benzene rings is 3. The average Bonchev–Trinajstić information content (AvgIpc) is 2.81. The monoisotopic (exact) mass is 430 g/mol. The van der Waals surface area contributed by atoms with Crippen LogP contribution in [0, 0.1) is 6.92 Å². The van der Waals surface area contributed by atoms with Crippen molar-refractivity contribution < 1.29 is 14.3 Å². The van der Waals surface area contributed by atoms with E-state index < -0.39 is 11.8 Å². The molecule has 0 heterocycles. The number of ether oxygens (including phenoxy) is 1. The van der Waals surface area contributed by atoms with Crippen LogP contribution in [0.15, 0.2) is 77.9 Å². The van der Waals surface area contributed by atoms with Gasteiger partial charge in [-0.3, -0.25) is 9.59 Å². The molecule has 7 heteroatoms.